The summed E-state index contributed by atoms with van der Waals surface area (Å²) in [7, 11) is 1.67. The van der Waals surface area contributed by atoms with Crippen LogP contribution in [0.15, 0.2) is 24.3 Å². The van der Waals surface area contributed by atoms with Crippen LogP contribution in [0, 0.1) is 6.92 Å². The predicted molar refractivity (Wildman–Crippen MR) is 82.0 cm³/mol. The third-order valence-corrected chi connectivity index (χ3v) is 3.46. The van der Waals surface area contributed by atoms with E-state index >= 15 is 0 Å². The fourth-order valence-electron chi connectivity index (χ4n) is 2.18. The summed E-state index contributed by atoms with van der Waals surface area (Å²) in [4.78, 5) is 12.3. The monoisotopic (exact) mass is 278 g/mol. The molecule has 0 heterocycles. The van der Waals surface area contributed by atoms with E-state index in [4.69, 9.17) is 4.74 Å². The summed E-state index contributed by atoms with van der Waals surface area (Å²) in [6, 6.07) is 8.03. The molecule has 0 spiro atoms. The van der Waals surface area contributed by atoms with Crippen LogP contribution in [-0.4, -0.2) is 39.3 Å². The molecule has 1 rings (SSSR count). The van der Waals surface area contributed by atoms with Gasteiger partial charge in [0.15, 0.2) is 0 Å². The van der Waals surface area contributed by atoms with Gasteiger partial charge in [-0.25, -0.2) is 0 Å². The van der Waals surface area contributed by atoms with Crippen LogP contribution in [0.5, 0.6) is 0 Å². The van der Waals surface area contributed by atoms with Gasteiger partial charge in [-0.3, -0.25) is 4.79 Å². The minimum Gasteiger partial charge on any atom is -0.383 e. The SMILES string of the molecule is COCCNCCNC(=O)C(C)(C)c1ccccc1C. The van der Waals surface area contributed by atoms with Crippen molar-refractivity contribution in [2.75, 3.05) is 33.4 Å². The Hall–Kier alpha value is -1.39. The molecule has 0 saturated carbocycles. The van der Waals surface area contributed by atoms with E-state index in [0.717, 1.165) is 24.2 Å². The lowest BCUT2D eigenvalue weighted by Gasteiger charge is -2.26. The largest absolute Gasteiger partial charge is 0.383 e. The van der Waals surface area contributed by atoms with Crippen molar-refractivity contribution in [3.63, 3.8) is 0 Å². The van der Waals surface area contributed by atoms with Crippen LogP contribution in [0.25, 0.3) is 0 Å². The van der Waals surface area contributed by atoms with Gasteiger partial charge in [0.05, 0.1) is 12.0 Å². The summed E-state index contributed by atoms with van der Waals surface area (Å²) in [5.74, 6) is 0.0559. The number of benzene rings is 1. The van der Waals surface area contributed by atoms with Gasteiger partial charge >= 0.3 is 0 Å². The first-order chi connectivity index (χ1) is 9.50. The molecule has 0 fully saturated rings. The number of carbonyl (C=O) groups is 1. The Bertz CT molecular complexity index is 430. The van der Waals surface area contributed by atoms with Gasteiger partial charge in [0.2, 0.25) is 5.91 Å². The third kappa shape index (κ3) is 4.62. The molecule has 1 aromatic carbocycles. The number of hydrogen-bond acceptors (Lipinski definition) is 3. The van der Waals surface area contributed by atoms with Crippen molar-refractivity contribution in [2.45, 2.75) is 26.2 Å². The highest BCUT2D eigenvalue weighted by atomic mass is 16.5. The fourth-order valence-corrected chi connectivity index (χ4v) is 2.18. The molecule has 2 N–H and O–H groups in total. The van der Waals surface area contributed by atoms with Gasteiger partial charge in [0.25, 0.3) is 0 Å². The molecule has 20 heavy (non-hydrogen) atoms. The number of ether oxygens (including phenoxy) is 1. The number of nitrogens with one attached hydrogen (secondary N) is 2. The summed E-state index contributed by atoms with van der Waals surface area (Å²) in [6.07, 6.45) is 0. The van der Waals surface area contributed by atoms with Crippen LogP contribution < -0.4 is 10.6 Å². The average molecular weight is 278 g/mol. The summed E-state index contributed by atoms with van der Waals surface area (Å²) >= 11 is 0. The molecule has 0 aliphatic rings. The van der Waals surface area contributed by atoms with E-state index < -0.39 is 5.41 Å². The number of hydrogen-bond donors (Lipinski definition) is 2. The molecular weight excluding hydrogens is 252 g/mol. The molecule has 0 aromatic heterocycles. The van der Waals surface area contributed by atoms with Crippen molar-refractivity contribution >= 4 is 5.91 Å². The first-order valence-corrected chi connectivity index (χ1v) is 7.04. The quantitative estimate of drug-likeness (QED) is 0.711. The first kappa shape index (κ1) is 16.7. The van der Waals surface area contributed by atoms with Gasteiger partial charge in [-0.1, -0.05) is 24.3 Å². The van der Waals surface area contributed by atoms with Crippen molar-refractivity contribution in [3.05, 3.63) is 35.4 Å². The Labute approximate surface area is 121 Å². The highest BCUT2D eigenvalue weighted by Crippen LogP contribution is 2.26. The molecule has 0 atom stereocenters. The maximum atomic E-state index is 12.3. The Balaban J connectivity index is 2.47. The Morgan fingerprint density at radius 2 is 1.90 bits per heavy atom. The predicted octanol–water partition coefficient (Wildman–Crippen LogP) is 1.62. The molecule has 4 heteroatoms. The van der Waals surface area contributed by atoms with Crippen LogP contribution in [-0.2, 0) is 14.9 Å². The zero-order valence-electron chi connectivity index (χ0n) is 13.0. The smallest absolute Gasteiger partial charge is 0.230 e. The van der Waals surface area contributed by atoms with Crippen LogP contribution in [0.4, 0.5) is 0 Å². The summed E-state index contributed by atoms with van der Waals surface area (Å²) in [5, 5.41) is 6.19. The zero-order chi connectivity index (χ0) is 15.0. The van der Waals surface area contributed by atoms with Gasteiger partial charge in [-0.05, 0) is 31.9 Å². The van der Waals surface area contributed by atoms with E-state index in [1.807, 2.05) is 45.0 Å². The van der Waals surface area contributed by atoms with Gasteiger partial charge in [-0.15, -0.1) is 0 Å². The first-order valence-electron chi connectivity index (χ1n) is 7.04. The van der Waals surface area contributed by atoms with Crippen LogP contribution in [0.1, 0.15) is 25.0 Å². The van der Waals surface area contributed by atoms with Gasteiger partial charge in [0, 0.05) is 26.7 Å². The lowest BCUT2D eigenvalue weighted by molar-refractivity contribution is -0.125. The molecule has 112 valence electrons. The van der Waals surface area contributed by atoms with E-state index in [2.05, 4.69) is 10.6 Å². The number of carbonyl (C=O) groups excluding carboxylic acids is 1. The zero-order valence-corrected chi connectivity index (χ0v) is 13.0. The van der Waals surface area contributed by atoms with E-state index in [-0.39, 0.29) is 5.91 Å². The van der Waals surface area contributed by atoms with Crippen molar-refractivity contribution in [1.29, 1.82) is 0 Å². The van der Waals surface area contributed by atoms with E-state index in [1.54, 1.807) is 7.11 Å². The minimum absolute atomic E-state index is 0.0559. The van der Waals surface area contributed by atoms with Gasteiger partial charge in [-0.2, -0.15) is 0 Å². The number of rotatable bonds is 8. The maximum Gasteiger partial charge on any atom is 0.230 e. The molecule has 0 aliphatic heterocycles. The average Bonchev–Trinajstić information content (AvgIpc) is 2.42. The number of amides is 1. The number of methoxy groups -OCH3 is 1. The highest BCUT2D eigenvalue weighted by molar-refractivity contribution is 5.87. The molecule has 0 bridgehead atoms. The lowest BCUT2D eigenvalue weighted by Crippen LogP contribution is -2.43. The summed E-state index contributed by atoms with van der Waals surface area (Å²) < 4.78 is 4.94. The van der Waals surface area contributed by atoms with Crippen molar-refractivity contribution in [1.82, 2.24) is 10.6 Å². The standard InChI is InChI=1S/C16H26N2O2/c1-13-7-5-6-8-14(13)16(2,3)15(19)18-10-9-17-11-12-20-4/h5-8,17H,9-12H2,1-4H3,(H,18,19). The Morgan fingerprint density at radius 1 is 1.20 bits per heavy atom. The van der Waals surface area contributed by atoms with Gasteiger partial charge in [0.1, 0.15) is 0 Å². The second kappa shape index (κ2) is 8.02. The van der Waals surface area contributed by atoms with Crippen LogP contribution >= 0.6 is 0 Å². The molecule has 0 aliphatic carbocycles. The molecule has 0 saturated heterocycles. The van der Waals surface area contributed by atoms with Crippen LogP contribution in [0.3, 0.4) is 0 Å². The normalized spacial score (nSPS) is 11.4. The molecule has 1 amide bonds. The lowest BCUT2D eigenvalue weighted by atomic mass is 9.81. The maximum absolute atomic E-state index is 12.3. The highest BCUT2D eigenvalue weighted by Gasteiger charge is 2.30. The van der Waals surface area contributed by atoms with Crippen molar-refractivity contribution in [3.8, 4) is 0 Å². The fraction of sp³-hybridized carbons (Fsp3) is 0.562. The topological polar surface area (TPSA) is 50.4 Å². The van der Waals surface area contributed by atoms with E-state index in [1.165, 1.54) is 0 Å². The molecule has 0 radical (unpaired) electrons. The van der Waals surface area contributed by atoms with Crippen molar-refractivity contribution < 1.29 is 9.53 Å². The van der Waals surface area contributed by atoms with Gasteiger partial charge < -0.3 is 15.4 Å². The minimum atomic E-state index is -0.516. The van der Waals surface area contributed by atoms with E-state index in [9.17, 15) is 4.79 Å². The second-order valence-corrected chi connectivity index (χ2v) is 5.44. The second-order valence-electron chi connectivity index (χ2n) is 5.44. The molecule has 4 nitrogen and oxygen atoms in total. The molecule has 1 aromatic rings. The Kier molecular flexibility index (Phi) is 6.68. The summed E-state index contributed by atoms with van der Waals surface area (Å²) in [6.45, 7) is 8.82. The Morgan fingerprint density at radius 3 is 2.55 bits per heavy atom. The van der Waals surface area contributed by atoms with E-state index in [0.29, 0.717) is 13.2 Å². The number of aryl methyl sites for hydroxylation is 1. The molecular formula is C16H26N2O2. The summed E-state index contributed by atoms with van der Waals surface area (Å²) in [5.41, 5.74) is 1.70. The van der Waals surface area contributed by atoms with Crippen LogP contribution in [0.2, 0.25) is 0 Å². The molecule has 0 unspecified atom stereocenters. The van der Waals surface area contributed by atoms with Crippen molar-refractivity contribution in [2.24, 2.45) is 0 Å². The third-order valence-electron chi connectivity index (χ3n) is 3.46.